The number of unbranched alkanes of at least 4 members (excludes halogenated alkanes) is 1. The Morgan fingerprint density at radius 3 is 2.58 bits per heavy atom. The van der Waals surface area contributed by atoms with Crippen LogP contribution in [0.4, 0.5) is 18.9 Å². The first-order valence-corrected chi connectivity index (χ1v) is 6.12. The van der Waals surface area contributed by atoms with Gasteiger partial charge in [-0.15, -0.1) is 0 Å². The van der Waals surface area contributed by atoms with E-state index < -0.39 is 12.6 Å². The summed E-state index contributed by atoms with van der Waals surface area (Å²) in [7, 11) is 1.56. The molecule has 0 aliphatic carbocycles. The summed E-state index contributed by atoms with van der Waals surface area (Å²) in [6, 6.07) is 5.37. The van der Waals surface area contributed by atoms with E-state index >= 15 is 0 Å². The van der Waals surface area contributed by atoms with Crippen LogP contribution in [0, 0.1) is 0 Å². The first kappa shape index (κ1) is 15.6. The fourth-order valence-corrected chi connectivity index (χ4v) is 1.66. The number of rotatable bonds is 7. The van der Waals surface area contributed by atoms with E-state index in [9.17, 15) is 13.2 Å². The first-order chi connectivity index (χ1) is 8.92. The van der Waals surface area contributed by atoms with Crippen molar-refractivity contribution in [2.45, 2.75) is 32.0 Å². The van der Waals surface area contributed by atoms with E-state index in [4.69, 9.17) is 10.5 Å². The molecule has 108 valence electrons. The summed E-state index contributed by atoms with van der Waals surface area (Å²) in [5, 5.41) is 3.08. The average Bonchev–Trinajstić information content (AvgIpc) is 2.33. The van der Waals surface area contributed by atoms with Crippen molar-refractivity contribution in [3.63, 3.8) is 0 Å². The normalized spacial score (nSPS) is 11.6. The lowest BCUT2D eigenvalue weighted by atomic mass is 10.1. The molecule has 6 heteroatoms. The van der Waals surface area contributed by atoms with Crippen LogP contribution in [0.1, 0.15) is 24.8 Å². The third kappa shape index (κ3) is 6.33. The number of methoxy groups -OCH3 is 1. The number of anilines is 1. The van der Waals surface area contributed by atoms with Crippen LogP contribution in [-0.4, -0.2) is 19.8 Å². The van der Waals surface area contributed by atoms with Crippen molar-refractivity contribution < 1.29 is 17.9 Å². The first-order valence-electron chi connectivity index (χ1n) is 6.12. The number of ether oxygens (including phenoxy) is 1. The Balaban J connectivity index is 2.23. The van der Waals surface area contributed by atoms with Gasteiger partial charge in [-0.05, 0) is 31.0 Å². The third-order valence-corrected chi connectivity index (χ3v) is 2.73. The minimum absolute atomic E-state index is 0.147. The minimum atomic E-state index is -4.06. The maximum Gasteiger partial charge on any atom is 0.389 e. The van der Waals surface area contributed by atoms with Gasteiger partial charge in [0.1, 0.15) is 5.75 Å². The van der Waals surface area contributed by atoms with Gasteiger partial charge in [0, 0.05) is 24.7 Å². The highest BCUT2D eigenvalue weighted by molar-refractivity contribution is 5.51. The van der Waals surface area contributed by atoms with Crippen molar-refractivity contribution in [3.05, 3.63) is 23.8 Å². The van der Waals surface area contributed by atoms with Crippen LogP contribution in [0.5, 0.6) is 5.75 Å². The van der Waals surface area contributed by atoms with Crippen molar-refractivity contribution in [2.75, 3.05) is 19.4 Å². The van der Waals surface area contributed by atoms with E-state index in [2.05, 4.69) is 5.32 Å². The summed E-state index contributed by atoms with van der Waals surface area (Å²) in [6.07, 6.45) is -4.13. The van der Waals surface area contributed by atoms with Crippen LogP contribution < -0.4 is 15.8 Å². The molecule has 0 aromatic heterocycles. The maximum atomic E-state index is 11.9. The van der Waals surface area contributed by atoms with Gasteiger partial charge in [-0.25, -0.2) is 0 Å². The molecule has 19 heavy (non-hydrogen) atoms. The molecule has 1 aromatic rings. The maximum absolute atomic E-state index is 11.9. The fourth-order valence-electron chi connectivity index (χ4n) is 1.66. The predicted octanol–water partition coefficient (Wildman–Crippen LogP) is 3.10. The molecule has 0 unspecified atom stereocenters. The molecule has 0 spiro atoms. The van der Waals surface area contributed by atoms with Crippen LogP contribution >= 0.6 is 0 Å². The van der Waals surface area contributed by atoms with E-state index in [0.717, 1.165) is 5.56 Å². The average molecular weight is 276 g/mol. The molecule has 0 bridgehead atoms. The molecule has 0 amide bonds. The minimum Gasteiger partial charge on any atom is -0.497 e. The van der Waals surface area contributed by atoms with Crippen molar-refractivity contribution in [1.29, 1.82) is 0 Å². The second-order valence-electron chi connectivity index (χ2n) is 4.31. The van der Waals surface area contributed by atoms with E-state index in [1.807, 2.05) is 6.07 Å². The topological polar surface area (TPSA) is 47.3 Å². The standard InChI is InChI=1S/C13H19F3N2O/c1-19-11-5-4-10(12(17)8-11)9-18-7-3-2-6-13(14,15)16/h4-5,8,18H,2-3,6-7,9,17H2,1H3. The second kappa shape index (κ2) is 7.23. The molecule has 1 aromatic carbocycles. The zero-order valence-corrected chi connectivity index (χ0v) is 10.9. The molecule has 0 saturated carbocycles. The molecule has 0 heterocycles. The smallest absolute Gasteiger partial charge is 0.389 e. The van der Waals surface area contributed by atoms with E-state index in [0.29, 0.717) is 30.9 Å². The summed E-state index contributed by atoms with van der Waals surface area (Å²) in [5.41, 5.74) is 7.35. The van der Waals surface area contributed by atoms with Crippen LogP contribution in [0.15, 0.2) is 18.2 Å². The molecule has 0 aliphatic heterocycles. The third-order valence-electron chi connectivity index (χ3n) is 2.73. The SMILES string of the molecule is COc1ccc(CNCCCCC(F)(F)F)c(N)c1. The monoisotopic (exact) mass is 276 g/mol. The zero-order chi connectivity index (χ0) is 14.3. The summed E-state index contributed by atoms with van der Waals surface area (Å²) >= 11 is 0. The van der Waals surface area contributed by atoms with Crippen molar-refractivity contribution in [1.82, 2.24) is 5.32 Å². The Morgan fingerprint density at radius 2 is 2.00 bits per heavy atom. The summed E-state index contributed by atoms with van der Waals surface area (Å²) in [6.45, 7) is 1.09. The van der Waals surface area contributed by atoms with Gasteiger partial charge in [0.05, 0.1) is 7.11 Å². The van der Waals surface area contributed by atoms with Crippen LogP contribution in [0.2, 0.25) is 0 Å². The Morgan fingerprint density at radius 1 is 1.26 bits per heavy atom. The Labute approximate surface area is 110 Å². The number of hydrogen-bond donors (Lipinski definition) is 2. The van der Waals surface area contributed by atoms with E-state index in [1.165, 1.54) is 0 Å². The highest BCUT2D eigenvalue weighted by Crippen LogP contribution is 2.22. The molecule has 3 nitrogen and oxygen atoms in total. The van der Waals surface area contributed by atoms with E-state index in [-0.39, 0.29) is 6.42 Å². The van der Waals surface area contributed by atoms with Crippen molar-refractivity contribution >= 4 is 5.69 Å². The van der Waals surface area contributed by atoms with Gasteiger partial charge in [-0.1, -0.05) is 6.07 Å². The van der Waals surface area contributed by atoms with Gasteiger partial charge in [-0.2, -0.15) is 13.2 Å². The van der Waals surface area contributed by atoms with Crippen LogP contribution in [-0.2, 0) is 6.54 Å². The molecule has 1 rings (SSSR count). The van der Waals surface area contributed by atoms with Crippen molar-refractivity contribution in [2.24, 2.45) is 0 Å². The lowest BCUT2D eigenvalue weighted by Crippen LogP contribution is -2.16. The fraction of sp³-hybridized carbons (Fsp3) is 0.538. The van der Waals surface area contributed by atoms with Crippen LogP contribution in [0.3, 0.4) is 0 Å². The van der Waals surface area contributed by atoms with Gasteiger partial charge in [0.2, 0.25) is 0 Å². The summed E-state index contributed by atoms with van der Waals surface area (Å²) < 4.78 is 40.7. The molecular weight excluding hydrogens is 257 g/mol. The van der Waals surface area contributed by atoms with Gasteiger partial charge in [-0.3, -0.25) is 0 Å². The molecule has 0 fully saturated rings. The Bertz CT molecular complexity index is 394. The summed E-state index contributed by atoms with van der Waals surface area (Å²) in [4.78, 5) is 0. The quantitative estimate of drug-likeness (QED) is 0.594. The number of nitrogen functional groups attached to an aromatic ring is 1. The number of alkyl halides is 3. The number of nitrogens with one attached hydrogen (secondary N) is 1. The van der Waals surface area contributed by atoms with Gasteiger partial charge >= 0.3 is 6.18 Å². The Kier molecular flexibility index (Phi) is 5.95. The number of nitrogens with two attached hydrogens (primary N) is 1. The van der Waals surface area contributed by atoms with Gasteiger partial charge < -0.3 is 15.8 Å². The van der Waals surface area contributed by atoms with E-state index in [1.54, 1.807) is 19.2 Å². The molecule has 0 saturated heterocycles. The van der Waals surface area contributed by atoms with Crippen LogP contribution in [0.25, 0.3) is 0 Å². The van der Waals surface area contributed by atoms with Gasteiger partial charge in [0.15, 0.2) is 0 Å². The highest BCUT2D eigenvalue weighted by Gasteiger charge is 2.25. The zero-order valence-electron chi connectivity index (χ0n) is 10.9. The molecule has 0 aliphatic rings. The molecule has 3 N–H and O–H groups in total. The Hall–Kier alpha value is -1.43. The number of benzene rings is 1. The molecule has 0 radical (unpaired) electrons. The lowest BCUT2D eigenvalue weighted by Gasteiger charge is -2.10. The number of halogens is 3. The van der Waals surface area contributed by atoms with Crippen molar-refractivity contribution in [3.8, 4) is 5.75 Å². The van der Waals surface area contributed by atoms with Gasteiger partial charge in [0.25, 0.3) is 0 Å². The molecular formula is C13H19F3N2O. The highest BCUT2D eigenvalue weighted by atomic mass is 19.4. The number of hydrogen-bond acceptors (Lipinski definition) is 3. The molecule has 0 atom stereocenters. The summed E-state index contributed by atoms with van der Waals surface area (Å²) in [5.74, 6) is 0.687. The lowest BCUT2D eigenvalue weighted by molar-refractivity contribution is -0.135. The largest absolute Gasteiger partial charge is 0.497 e. The second-order valence-corrected chi connectivity index (χ2v) is 4.31. The predicted molar refractivity (Wildman–Crippen MR) is 69.0 cm³/mol.